The van der Waals surface area contributed by atoms with Crippen LogP contribution < -0.4 is 4.74 Å². The molecule has 15 heavy (non-hydrogen) atoms. The Kier molecular flexibility index (Phi) is 1.62. The maximum Gasteiger partial charge on any atom is 0.237 e. The van der Waals surface area contributed by atoms with Crippen LogP contribution in [0.4, 0.5) is 0 Å². The van der Waals surface area contributed by atoms with Crippen molar-refractivity contribution in [2.24, 2.45) is 0 Å². The van der Waals surface area contributed by atoms with Crippen LogP contribution in [0, 0.1) is 0 Å². The lowest BCUT2D eigenvalue weighted by molar-refractivity contribution is 0.404. The molecule has 74 valence electrons. The second kappa shape index (κ2) is 2.95. The van der Waals surface area contributed by atoms with Crippen molar-refractivity contribution in [3.8, 4) is 5.88 Å². The molecule has 0 fully saturated rings. The van der Waals surface area contributed by atoms with Gasteiger partial charge in [-0.1, -0.05) is 12.1 Å². The molecule has 0 saturated carbocycles. The number of benzene rings is 1. The van der Waals surface area contributed by atoms with E-state index in [9.17, 15) is 0 Å². The minimum atomic E-state index is 0.615. The second-order valence-electron chi connectivity index (χ2n) is 3.24. The summed E-state index contributed by atoms with van der Waals surface area (Å²) in [4.78, 5) is 8.46. The number of fused-ring (bicyclic) bond motifs is 3. The van der Waals surface area contributed by atoms with Crippen molar-refractivity contribution in [3.05, 3.63) is 36.7 Å². The molecular formula is C11H9N3O. The molecule has 2 aromatic heterocycles. The number of hydrogen-bond acceptors (Lipinski definition) is 3. The van der Waals surface area contributed by atoms with E-state index in [4.69, 9.17) is 4.74 Å². The van der Waals surface area contributed by atoms with Crippen LogP contribution in [-0.4, -0.2) is 21.5 Å². The van der Waals surface area contributed by atoms with Gasteiger partial charge in [-0.05, 0) is 12.1 Å². The van der Waals surface area contributed by atoms with Crippen molar-refractivity contribution in [2.45, 2.75) is 0 Å². The highest BCUT2D eigenvalue weighted by atomic mass is 16.5. The summed E-state index contributed by atoms with van der Waals surface area (Å²) < 4.78 is 7.18. The number of aromatic nitrogens is 3. The smallest absolute Gasteiger partial charge is 0.237 e. The first-order valence-corrected chi connectivity index (χ1v) is 4.66. The highest BCUT2D eigenvalue weighted by molar-refractivity contribution is 5.85. The van der Waals surface area contributed by atoms with Crippen LogP contribution >= 0.6 is 0 Å². The summed E-state index contributed by atoms with van der Waals surface area (Å²) in [7, 11) is 1.62. The first kappa shape index (κ1) is 8.23. The average Bonchev–Trinajstić information content (AvgIpc) is 2.76. The Morgan fingerprint density at radius 3 is 3.00 bits per heavy atom. The maximum absolute atomic E-state index is 5.24. The van der Waals surface area contributed by atoms with E-state index in [0.29, 0.717) is 11.7 Å². The minimum absolute atomic E-state index is 0.615. The Morgan fingerprint density at radius 2 is 2.13 bits per heavy atom. The molecular weight excluding hydrogens is 190 g/mol. The number of hydrogen-bond donors (Lipinski definition) is 0. The molecule has 0 aliphatic heterocycles. The normalized spacial score (nSPS) is 11.0. The number of nitrogens with zero attached hydrogens (tertiary/aromatic N) is 3. The van der Waals surface area contributed by atoms with Crippen molar-refractivity contribution < 1.29 is 4.74 Å². The lowest BCUT2D eigenvalue weighted by Gasteiger charge is -2.05. The lowest BCUT2D eigenvalue weighted by Crippen LogP contribution is -1.95. The van der Waals surface area contributed by atoms with Gasteiger partial charge in [0.15, 0.2) is 0 Å². The van der Waals surface area contributed by atoms with Gasteiger partial charge in [-0.15, -0.1) is 0 Å². The van der Waals surface area contributed by atoms with Gasteiger partial charge < -0.3 is 4.74 Å². The zero-order valence-corrected chi connectivity index (χ0v) is 8.21. The molecule has 0 N–H and O–H groups in total. The van der Waals surface area contributed by atoms with Gasteiger partial charge in [0.05, 0.1) is 18.0 Å². The van der Waals surface area contributed by atoms with Gasteiger partial charge in [-0.2, -0.15) is 4.98 Å². The van der Waals surface area contributed by atoms with E-state index >= 15 is 0 Å². The number of methoxy groups -OCH3 is 1. The predicted octanol–water partition coefficient (Wildman–Crippen LogP) is 1.89. The summed E-state index contributed by atoms with van der Waals surface area (Å²) in [5, 5.41) is 0.991. The minimum Gasteiger partial charge on any atom is -0.480 e. The highest BCUT2D eigenvalue weighted by Crippen LogP contribution is 2.23. The number of imidazole rings is 1. The molecule has 3 aromatic rings. The Bertz CT molecular complexity index is 630. The monoisotopic (exact) mass is 199 g/mol. The quantitative estimate of drug-likeness (QED) is 0.600. The second-order valence-corrected chi connectivity index (χ2v) is 3.24. The Balaban J connectivity index is 2.58. The molecule has 0 aliphatic rings. The molecule has 4 heteroatoms. The van der Waals surface area contributed by atoms with E-state index in [1.54, 1.807) is 13.3 Å². The van der Waals surface area contributed by atoms with Crippen molar-refractivity contribution in [1.29, 1.82) is 0 Å². The Labute approximate surface area is 86.1 Å². The number of ether oxygens (including phenoxy) is 1. The van der Waals surface area contributed by atoms with Gasteiger partial charge in [0, 0.05) is 12.4 Å². The van der Waals surface area contributed by atoms with E-state index in [2.05, 4.69) is 9.97 Å². The molecule has 0 amide bonds. The molecule has 0 bridgehead atoms. The van der Waals surface area contributed by atoms with Crippen LogP contribution in [0.15, 0.2) is 36.7 Å². The zero-order chi connectivity index (χ0) is 10.3. The van der Waals surface area contributed by atoms with E-state index in [0.717, 1.165) is 10.9 Å². The fraction of sp³-hybridized carbons (Fsp3) is 0.0909. The molecule has 0 aliphatic carbocycles. The van der Waals surface area contributed by atoms with Crippen LogP contribution in [0.25, 0.3) is 16.7 Å². The van der Waals surface area contributed by atoms with Gasteiger partial charge in [0.25, 0.3) is 0 Å². The van der Waals surface area contributed by atoms with Crippen molar-refractivity contribution in [2.75, 3.05) is 7.11 Å². The van der Waals surface area contributed by atoms with Gasteiger partial charge in [-0.25, -0.2) is 4.98 Å². The summed E-state index contributed by atoms with van der Waals surface area (Å²) in [5.41, 5.74) is 1.05. The van der Waals surface area contributed by atoms with E-state index < -0.39 is 0 Å². The fourth-order valence-corrected chi connectivity index (χ4v) is 1.74. The molecule has 0 radical (unpaired) electrons. The first-order chi connectivity index (χ1) is 7.40. The molecule has 0 atom stereocenters. The van der Waals surface area contributed by atoms with Gasteiger partial charge in [0.1, 0.15) is 0 Å². The summed E-state index contributed by atoms with van der Waals surface area (Å²) in [6.45, 7) is 0. The summed E-state index contributed by atoms with van der Waals surface area (Å²) >= 11 is 0. The number of para-hydroxylation sites is 1. The van der Waals surface area contributed by atoms with Crippen LogP contribution in [0.5, 0.6) is 5.88 Å². The molecule has 0 unspecified atom stereocenters. The van der Waals surface area contributed by atoms with Crippen LogP contribution in [0.2, 0.25) is 0 Å². The van der Waals surface area contributed by atoms with Gasteiger partial charge in [0.2, 0.25) is 11.7 Å². The molecule has 4 nitrogen and oxygen atoms in total. The third kappa shape index (κ3) is 1.08. The van der Waals surface area contributed by atoms with E-state index in [-0.39, 0.29) is 0 Å². The topological polar surface area (TPSA) is 39.4 Å². The summed E-state index contributed by atoms with van der Waals surface area (Å²) in [6.07, 6.45) is 3.62. The van der Waals surface area contributed by atoms with Crippen molar-refractivity contribution in [3.63, 3.8) is 0 Å². The fourth-order valence-electron chi connectivity index (χ4n) is 1.74. The standard InChI is InChI=1S/C11H9N3O/c1-15-10-8-4-2-3-5-9(8)14-7-6-12-11(14)13-10/h2-7H,1H3. The zero-order valence-electron chi connectivity index (χ0n) is 8.21. The van der Waals surface area contributed by atoms with Gasteiger partial charge in [-0.3, -0.25) is 4.40 Å². The first-order valence-electron chi connectivity index (χ1n) is 4.66. The largest absolute Gasteiger partial charge is 0.480 e. The van der Waals surface area contributed by atoms with Crippen molar-refractivity contribution >= 4 is 16.7 Å². The molecule has 0 saturated heterocycles. The Morgan fingerprint density at radius 1 is 1.27 bits per heavy atom. The van der Waals surface area contributed by atoms with Crippen LogP contribution in [0.1, 0.15) is 0 Å². The molecule has 0 spiro atoms. The molecule has 1 aromatic carbocycles. The lowest BCUT2D eigenvalue weighted by atomic mass is 10.2. The van der Waals surface area contributed by atoms with Crippen LogP contribution in [-0.2, 0) is 0 Å². The highest BCUT2D eigenvalue weighted by Gasteiger charge is 2.07. The SMILES string of the molecule is COc1nc2nccn2c2ccccc12. The average molecular weight is 199 g/mol. The third-order valence-corrected chi connectivity index (χ3v) is 2.41. The summed E-state index contributed by atoms with van der Waals surface area (Å²) in [6, 6.07) is 7.96. The van der Waals surface area contributed by atoms with Crippen LogP contribution in [0.3, 0.4) is 0 Å². The number of rotatable bonds is 1. The van der Waals surface area contributed by atoms with E-state index in [1.807, 2.05) is 34.9 Å². The maximum atomic E-state index is 5.24. The Hall–Kier alpha value is -2.10. The van der Waals surface area contributed by atoms with Crippen molar-refractivity contribution in [1.82, 2.24) is 14.4 Å². The molecule has 3 rings (SSSR count). The predicted molar refractivity (Wildman–Crippen MR) is 57.0 cm³/mol. The summed E-state index contributed by atoms with van der Waals surface area (Å²) in [5.74, 6) is 1.27. The molecule has 2 heterocycles. The third-order valence-electron chi connectivity index (χ3n) is 2.41. The van der Waals surface area contributed by atoms with Gasteiger partial charge >= 0.3 is 0 Å². The van der Waals surface area contributed by atoms with E-state index in [1.165, 1.54) is 0 Å².